The predicted octanol–water partition coefficient (Wildman–Crippen LogP) is 0.0784. The van der Waals surface area contributed by atoms with Crippen molar-refractivity contribution in [3.8, 4) is 0 Å². The average Bonchev–Trinajstić information content (AvgIpc) is 2.89. The molecular formula is C12H20N4O. The van der Waals surface area contributed by atoms with Crippen LogP contribution in [0.3, 0.4) is 0 Å². The van der Waals surface area contributed by atoms with E-state index in [1.54, 1.807) is 6.20 Å². The Labute approximate surface area is 102 Å². The zero-order valence-corrected chi connectivity index (χ0v) is 10.5. The lowest BCUT2D eigenvalue weighted by atomic mass is 9.89. The molecule has 0 aliphatic carbocycles. The van der Waals surface area contributed by atoms with Crippen molar-refractivity contribution in [3.63, 3.8) is 0 Å². The second-order valence-corrected chi connectivity index (χ2v) is 4.94. The Balaban J connectivity index is 1.79. The average molecular weight is 236 g/mol. The van der Waals surface area contributed by atoms with Gasteiger partial charge in [0.1, 0.15) is 0 Å². The summed E-state index contributed by atoms with van der Waals surface area (Å²) in [5.74, 6) is 0.157. The summed E-state index contributed by atoms with van der Waals surface area (Å²) in [5, 5.41) is 10.3. The highest BCUT2D eigenvalue weighted by atomic mass is 16.2. The Hall–Kier alpha value is -1.36. The second kappa shape index (κ2) is 4.87. The standard InChI is InChI=1S/C12H20N4O/c1-12(5-8-13-9-12)11(17)14-6-3-10-4-7-15-16(10)2/h4,7,13H,3,5-6,8-9H2,1-2H3,(H,14,17). The van der Waals surface area contributed by atoms with Crippen LogP contribution in [0.1, 0.15) is 19.0 Å². The lowest BCUT2D eigenvalue weighted by Gasteiger charge is -2.21. The summed E-state index contributed by atoms with van der Waals surface area (Å²) in [6.07, 6.45) is 3.52. The minimum atomic E-state index is -0.230. The molecule has 0 saturated carbocycles. The molecule has 1 fully saturated rings. The number of aryl methyl sites for hydroxylation is 1. The SMILES string of the molecule is Cn1nccc1CCNC(=O)C1(C)CCNC1. The van der Waals surface area contributed by atoms with E-state index in [0.717, 1.165) is 31.6 Å². The number of hydrogen-bond donors (Lipinski definition) is 2. The Kier molecular flexibility index (Phi) is 3.47. The predicted molar refractivity (Wildman–Crippen MR) is 65.5 cm³/mol. The first kappa shape index (κ1) is 12.1. The van der Waals surface area contributed by atoms with Crippen molar-refractivity contribution in [2.24, 2.45) is 12.5 Å². The van der Waals surface area contributed by atoms with Crippen LogP contribution in [-0.2, 0) is 18.3 Å². The molecular weight excluding hydrogens is 216 g/mol. The zero-order chi connectivity index (χ0) is 12.3. The van der Waals surface area contributed by atoms with Gasteiger partial charge in [0.25, 0.3) is 0 Å². The Morgan fingerprint density at radius 2 is 2.53 bits per heavy atom. The molecule has 2 rings (SSSR count). The van der Waals surface area contributed by atoms with Gasteiger partial charge in [0.2, 0.25) is 5.91 Å². The number of carbonyl (C=O) groups is 1. The molecule has 1 saturated heterocycles. The molecule has 0 bridgehead atoms. The number of carbonyl (C=O) groups excluding carboxylic acids is 1. The van der Waals surface area contributed by atoms with Crippen molar-refractivity contribution in [3.05, 3.63) is 18.0 Å². The molecule has 5 nitrogen and oxygen atoms in total. The molecule has 1 amide bonds. The third-order valence-corrected chi connectivity index (χ3v) is 3.51. The van der Waals surface area contributed by atoms with Crippen molar-refractivity contribution >= 4 is 5.91 Å². The van der Waals surface area contributed by atoms with Crippen LogP contribution in [0.15, 0.2) is 12.3 Å². The van der Waals surface area contributed by atoms with Crippen LogP contribution in [-0.4, -0.2) is 35.3 Å². The normalized spacial score (nSPS) is 23.9. The molecule has 5 heteroatoms. The number of aromatic nitrogens is 2. The van der Waals surface area contributed by atoms with Gasteiger partial charge in [-0.15, -0.1) is 0 Å². The number of nitrogens with zero attached hydrogens (tertiary/aromatic N) is 2. The lowest BCUT2D eigenvalue weighted by molar-refractivity contribution is -0.129. The molecule has 17 heavy (non-hydrogen) atoms. The summed E-state index contributed by atoms with van der Waals surface area (Å²) >= 11 is 0. The van der Waals surface area contributed by atoms with Gasteiger partial charge in [-0.3, -0.25) is 9.48 Å². The fraction of sp³-hybridized carbons (Fsp3) is 0.667. The Morgan fingerprint density at radius 3 is 3.12 bits per heavy atom. The van der Waals surface area contributed by atoms with E-state index in [0.29, 0.717) is 6.54 Å². The van der Waals surface area contributed by atoms with Crippen molar-refractivity contribution in [2.75, 3.05) is 19.6 Å². The molecule has 0 radical (unpaired) electrons. The third-order valence-electron chi connectivity index (χ3n) is 3.51. The van der Waals surface area contributed by atoms with Gasteiger partial charge in [-0.1, -0.05) is 0 Å². The molecule has 1 unspecified atom stereocenters. The van der Waals surface area contributed by atoms with Crippen LogP contribution in [0.2, 0.25) is 0 Å². The first-order valence-electron chi connectivity index (χ1n) is 6.08. The molecule has 1 aliphatic heterocycles. The largest absolute Gasteiger partial charge is 0.355 e. The Morgan fingerprint density at radius 1 is 1.71 bits per heavy atom. The molecule has 1 aliphatic rings. The highest BCUT2D eigenvalue weighted by Crippen LogP contribution is 2.24. The van der Waals surface area contributed by atoms with Crippen molar-refractivity contribution < 1.29 is 4.79 Å². The van der Waals surface area contributed by atoms with Crippen LogP contribution in [0, 0.1) is 5.41 Å². The van der Waals surface area contributed by atoms with Gasteiger partial charge in [0, 0.05) is 38.4 Å². The summed E-state index contributed by atoms with van der Waals surface area (Å²) in [7, 11) is 1.92. The molecule has 0 spiro atoms. The fourth-order valence-electron chi connectivity index (χ4n) is 2.17. The molecule has 2 N–H and O–H groups in total. The van der Waals surface area contributed by atoms with Crippen LogP contribution in [0.4, 0.5) is 0 Å². The smallest absolute Gasteiger partial charge is 0.227 e. The van der Waals surface area contributed by atoms with Crippen molar-refractivity contribution in [1.82, 2.24) is 20.4 Å². The molecule has 2 heterocycles. The first-order chi connectivity index (χ1) is 8.12. The molecule has 1 aromatic heterocycles. The summed E-state index contributed by atoms with van der Waals surface area (Å²) in [6.45, 7) is 4.41. The third kappa shape index (κ3) is 2.66. The van der Waals surface area contributed by atoms with E-state index in [4.69, 9.17) is 0 Å². The highest BCUT2D eigenvalue weighted by Gasteiger charge is 2.35. The van der Waals surface area contributed by atoms with E-state index < -0.39 is 0 Å². The Bertz CT molecular complexity index is 393. The van der Waals surface area contributed by atoms with Gasteiger partial charge in [0.15, 0.2) is 0 Å². The van der Waals surface area contributed by atoms with Crippen molar-refractivity contribution in [2.45, 2.75) is 19.8 Å². The topological polar surface area (TPSA) is 59.0 Å². The lowest BCUT2D eigenvalue weighted by Crippen LogP contribution is -2.41. The number of hydrogen-bond acceptors (Lipinski definition) is 3. The van der Waals surface area contributed by atoms with Crippen LogP contribution in [0.25, 0.3) is 0 Å². The van der Waals surface area contributed by atoms with Gasteiger partial charge in [-0.2, -0.15) is 5.10 Å². The second-order valence-electron chi connectivity index (χ2n) is 4.94. The number of amides is 1. The fourth-order valence-corrected chi connectivity index (χ4v) is 2.17. The van der Waals surface area contributed by atoms with Crippen LogP contribution >= 0.6 is 0 Å². The monoisotopic (exact) mass is 236 g/mol. The minimum Gasteiger partial charge on any atom is -0.355 e. The molecule has 1 atom stereocenters. The maximum Gasteiger partial charge on any atom is 0.227 e. The molecule has 94 valence electrons. The van der Waals surface area contributed by atoms with Crippen LogP contribution in [0.5, 0.6) is 0 Å². The summed E-state index contributed by atoms with van der Waals surface area (Å²) in [6, 6.07) is 1.98. The van der Waals surface area contributed by atoms with E-state index >= 15 is 0 Å². The maximum absolute atomic E-state index is 12.0. The van der Waals surface area contributed by atoms with E-state index in [1.165, 1.54) is 0 Å². The quantitative estimate of drug-likeness (QED) is 0.778. The van der Waals surface area contributed by atoms with E-state index in [2.05, 4.69) is 15.7 Å². The number of nitrogens with one attached hydrogen (secondary N) is 2. The molecule has 0 aromatic carbocycles. The van der Waals surface area contributed by atoms with Gasteiger partial charge < -0.3 is 10.6 Å². The van der Waals surface area contributed by atoms with Gasteiger partial charge in [-0.25, -0.2) is 0 Å². The summed E-state index contributed by atoms with van der Waals surface area (Å²) < 4.78 is 1.84. The van der Waals surface area contributed by atoms with E-state index in [9.17, 15) is 4.79 Å². The van der Waals surface area contributed by atoms with Gasteiger partial charge in [-0.05, 0) is 26.0 Å². The minimum absolute atomic E-state index is 0.157. The van der Waals surface area contributed by atoms with E-state index in [-0.39, 0.29) is 11.3 Å². The maximum atomic E-state index is 12.0. The van der Waals surface area contributed by atoms with Crippen molar-refractivity contribution in [1.29, 1.82) is 0 Å². The first-order valence-corrected chi connectivity index (χ1v) is 6.08. The molecule has 1 aromatic rings. The number of rotatable bonds is 4. The zero-order valence-electron chi connectivity index (χ0n) is 10.5. The van der Waals surface area contributed by atoms with Crippen LogP contribution < -0.4 is 10.6 Å². The van der Waals surface area contributed by atoms with Gasteiger partial charge >= 0.3 is 0 Å². The highest BCUT2D eigenvalue weighted by molar-refractivity contribution is 5.82. The van der Waals surface area contributed by atoms with Gasteiger partial charge in [0.05, 0.1) is 5.41 Å². The van der Waals surface area contributed by atoms with E-state index in [1.807, 2.05) is 24.7 Å². The summed E-state index contributed by atoms with van der Waals surface area (Å²) in [5.41, 5.74) is 0.909. The summed E-state index contributed by atoms with van der Waals surface area (Å²) in [4.78, 5) is 12.0.